The highest BCUT2D eigenvalue weighted by molar-refractivity contribution is 6.13. The first kappa shape index (κ1) is 30.4. The fourth-order valence-corrected chi connectivity index (χ4v) is 8.55. The van der Waals surface area contributed by atoms with Crippen molar-refractivity contribution >= 4 is 49.4 Å². The maximum atomic E-state index is 2.40. The van der Waals surface area contributed by atoms with E-state index in [0.717, 1.165) is 17.1 Å². The van der Waals surface area contributed by atoms with Gasteiger partial charge in [0.2, 0.25) is 0 Å². The molecule has 52 heavy (non-hydrogen) atoms. The van der Waals surface area contributed by atoms with Gasteiger partial charge in [0.25, 0.3) is 0 Å². The number of fused-ring (bicyclic) bond motifs is 7. The molecular weight excluding hydrogens is 627 g/mol. The van der Waals surface area contributed by atoms with Crippen LogP contribution < -0.4 is 4.90 Å². The highest BCUT2D eigenvalue weighted by atomic mass is 15.1. The molecule has 1 heteroatoms. The quantitative estimate of drug-likeness (QED) is 0.166. The van der Waals surface area contributed by atoms with Gasteiger partial charge in [-0.2, -0.15) is 0 Å². The lowest BCUT2D eigenvalue weighted by Gasteiger charge is -2.27. The number of rotatable bonds is 5. The van der Waals surface area contributed by atoms with E-state index in [0.29, 0.717) is 0 Å². The highest BCUT2D eigenvalue weighted by Crippen LogP contribution is 2.50. The molecule has 1 aliphatic carbocycles. The van der Waals surface area contributed by atoms with Crippen LogP contribution in [0.4, 0.5) is 17.1 Å². The van der Waals surface area contributed by atoms with Gasteiger partial charge in [0.1, 0.15) is 0 Å². The zero-order valence-corrected chi connectivity index (χ0v) is 29.3. The smallest absolute Gasteiger partial charge is 0.0468 e. The molecule has 0 unspecified atom stereocenters. The van der Waals surface area contributed by atoms with E-state index in [1.165, 1.54) is 76.8 Å². The summed E-state index contributed by atoms with van der Waals surface area (Å²) < 4.78 is 0. The monoisotopic (exact) mass is 663 g/mol. The predicted molar refractivity (Wildman–Crippen MR) is 222 cm³/mol. The number of hydrogen-bond donors (Lipinski definition) is 0. The molecule has 9 aromatic carbocycles. The maximum absolute atomic E-state index is 2.40. The molecular formula is C51H37N. The number of hydrogen-bond acceptors (Lipinski definition) is 1. The summed E-state index contributed by atoms with van der Waals surface area (Å²) in [5.74, 6) is 0. The predicted octanol–water partition coefficient (Wildman–Crippen LogP) is 14.3. The molecule has 10 rings (SSSR count). The Morgan fingerprint density at radius 3 is 1.65 bits per heavy atom. The normalized spacial score (nSPS) is 13.0. The average Bonchev–Trinajstić information content (AvgIpc) is 3.43. The Hall–Kier alpha value is -6.44. The van der Waals surface area contributed by atoms with E-state index in [4.69, 9.17) is 0 Å². The molecule has 1 aliphatic rings. The molecule has 0 spiro atoms. The lowest BCUT2D eigenvalue weighted by atomic mass is 9.82. The molecule has 1 nitrogen and oxygen atoms in total. The summed E-state index contributed by atoms with van der Waals surface area (Å²) in [5, 5.41) is 7.62. The van der Waals surface area contributed by atoms with E-state index < -0.39 is 0 Å². The van der Waals surface area contributed by atoms with Gasteiger partial charge in [-0.15, -0.1) is 0 Å². The number of anilines is 3. The van der Waals surface area contributed by atoms with Crippen LogP contribution in [-0.4, -0.2) is 0 Å². The summed E-state index contributed by atoms with van der Waals surface area (Å²) in [4.78, 5) is 2.40. The third kappa shape index (κ3) is 4.85. The van der Waals surface area contributed by atoms with Crippen molar-refractivity contribution in [1.29, 1.82) is 0 Å². The van der Waals surface area contributed by atoms with Crippen LogP contribution in [0.2, 0.25) is 0 Å². The van der Waals surface area contributed by atoms with E-state index in [-0.39, 0.29) is 5.41 Å². The Morgan fingerprint density at radius 2 is 0.885 bits per heavy atom. The molecule has 0 heterocycles. The van der Waals surface area contributed by atoms with Crippen molar-refractivity contribution in [2.45, 2.75) is 19.3 Å². The first-order valence-electron chi connectivity index (χ1n) is 18.2. The van der Waals surface area contributed by atoms with Gasteiger partial charge in [-0.3, -0.25) is 0 Å². The van der Waals surface area contributed by atoms with Crippen LogP contribution in [0, 0.1) is 0 Å². The Balaban J connectivity index is 1.10. The van der Waals surface area contributed by atoms with Gasteiger partial charge in [0.05, 0.1) is 0 Å². The van der Waals surface area contributed by atoms with E-state index in [1.807, 2.05) is 0 Å². The second kappa shape index (κ2) is 11.8. The van der Waals surface area contributed by atoms with Gasteiger partial charge >= 0.3 is 0 Å². The average molecular weight is 664 g/mol. The van der Waals surface area contributed by atoms with E-state index in [1.54, 1.807) is 0 Å². The molecule has 0 amide bonds. The lowest BCUT2D eigenvalue weighted by molar-refractivity contribution is 0.660. The summed E-state index contributed by atoms with van der Waals surface area (Å²) in [6.45, 7) is 4.69. The van der Waals surface area contributed by atoms with Crippen molar-refractivity contribution in [3.05, 3.63) is 199 Å². The zero-order valence-electron chi connectivity index (χ0n) is 29.3. The minimum atomic E-state index is -0.0406. The largest absolute Gasteiger partial charge is 0.310 e. The summed E-state index contributed by atoms with van der Waals surface area (Å²) in [6.07, 6.45) is 0. The minimum Gasteiger partial charge on any atom is -0.310 e. The number of benzene rings is 9. The second-order valence-corrected chi connectivity index (χ2v) is 14.6. The van der Waals surface area contributed by atoms with Crippen molar-refractivity contribution < 1.29 is 0 Å². The minimum absolute atomic E-state index is 0.0406. The Kier molecular flexibility index (Phi) is 6.91. The lowest BCUT2D eigenvalue weighted by Crippen LogP contribution is -2.15. The van der Waals surface area contributed by atoms with Crippen LogP contribution in [0.15, 0.2) is 188 Å². The van der Waals surface area contributed by atoms with E-state index in [2.05, 4.69) is 207 Å². The third-order valence-corrected chi connectivity index (χ3v) is 11.2. The van der Waals surface area contributed by atoms with Crippen LogP contribution in [-0.2, 0) is 5.41 Å². The van der Waals surface area contributed by atoms with Gasteiger partial charge in [0.15, 0.2) is 0 Å². The molecule has 0 fully saturated rings. The molecule has 0 aliphatic heterocycles. The molecule has 9 aromatic rings. The van der Waals surface area contributed by atoms with Gasteiger partial charge in [-0.1, -0.05) is 153 Å². The van der Waals surface area contributed by atoms with E-state index in [9.17, 15) is 0 Å². The summed E-state index contributed by atoms with van der Waals surface area (Å²) in [6, 6.07) is 69.2. The summed E-state index contributed by atoms with van der Waals surface area (Å²) in [5.41, 5.74) is 13.7. The summed E-state index contributed by atoms with van der Waals surface area (Å²) >= 11 is 0. The molecule has 246 valence electrons. The maximum Gasteiger partial charge on any atom is 0.0468 e. The Bertz CT molecular complexity index is 2810. The van der Waals surface area contributed by atoms with Gasteiger partial charge < -0.3 is 4.90 Å². The fraction of sp³-hybridized carbons (Fsp3) is 0.0588. The zero-order chi connectivity index (χ0) is 34.8. The molecule has 0 aromatic heterocycles. The molecule has 0 radical (unpaired) electrons. The van der Waals surface area contributed by atoms with Crippen LogP contribution >= 0.6 is 0 Å². The number of nitrogens with zero attached hydrogens (tertiary/aromatic N) is 1. The fourth-order valence-electron chi connectivity index (χ4n) is 8.55. The molecule has 0 atom stereocenters. The SMILES string of the molecule is CC1(C)c2ccccc2-c2cc(N(c3ccc(-c4ccc5ccccc5c4)cc3)c3ccc(-c4cc5ccccc5c5ccccc45)cc3)ccc21. The van der Waals surface area contributed by atoms with Crippen molar-refractivity contribution in [3.8, 4) is 33.4 Å². The molecule has 0 saturated heterocycles. The van der Waals surface area contributed by atoms with Crippen LogP contribution in [0.1, 0.15) is 25.0 Å². The molecule has 0 N–H and O–H groups in total. The van der Waals surface area contributed by atoms with Crippen LogP contribution in [0.25, 0.3) is 65.7 Å². The second-order valence-electron chi connectivity index (χ2n) is 14.6. The van der Waals surface area contributed by atoms with E-state index >= 15 is 0 Å². The molecule has 0 saturated carbocycles. The standard InChI is InChI=1S/C51H37N/c1-51(2)49-18-10-9-17-46(49)48-33-42(29-30-50(48)51)52(40-25-21-35(22-26-40)38-20-19-34-11-3-4-12-37(34)31-38)41-27-23-36(24-28-41)47-32-39-13-5-6-14-43(39)44-15-7-8-16-45(44)47/h3-33H,1-2H3. The third-order valence-electron chi connectivity index (χ3n) is 11.2. The Labute approximate surface area is 305 Å². The summed E-state index contributed by atoms with van der Waals surface area (Å²) in [7, 11) is 0. The molecule has 0 bridgehead atoms. The van der Waals surface area contributed by atoms with Gasteiger partial charge in [-0.25, -0.2) is 0 Å². The highest BCUT2D eigenvalue weighted by Gasteiger charge is 2.35. The van der Waals surface area contributed by atoms with Crippen molar-refractivity contribution in [2.24, 2.45) is 0 Å². The topological polar surface area (TPSA) is 3.24 Å². The first-order chi connectivity index (χ1) is 25.5. The van der Waals surface area contributed by atoms with Gasteiger partial charge in [-0.05, 0) is 125 Å². The van der Waals surface area contributed by atoms with Crippen molar-refractivity contribution in [1.82, 2.24) is 0 Å². The Morgan fingerprint density at radius 1 is 0.327 bits per heavy atom. The van der Waals surface area contributed by atoms with Crippen molar-refractivity contribution in [3.63, 3.8) is 0 Å². The first-order valence-corrected chi connectivity index (χ1v) is 18.2. The van der Waals surface area contributed by atoms with Gasteiger partial charge in [0, 0.05) is 22.5 Å². The van der Waals surface area contributed by atoms with Crippen LogP contribution in [0.5, 0.6) is 0 Å². The van der Waals surface area contributed by atoms with Crippen LogP contribution in [0.3, 0.4) is 0 Å². The van der Waals surface area contributed by atoms with Crippen molar-refractivity contribution in [2.75, 3.05) is 4.90 Å².